The van der Waals surface area contributed by atoms with E-state index < -0.39 is 35.8 Å². The predicted octanol–water partition coefficient (Wildman–Crippen LogP) is 8.72. The summed E-state index contributed by atoms with van der Waals surface area (Å²) in [7, 11) is 0. The lowest BCUT2D eigenvalue weighted by molar-refractivity contribution is -0.136. The van der Waals surface area contributed by atoms with E-state index in [-0.39, 0.29) is 23.2 Å². The first kappa shape index (κ1) is 32.4. The van der Waals surface area contributed by atoms with E-state index in [1.165, 1.54) is 28.2 Å². The lowest BCUT2D eigenvalue weighted by Crippen LogP contribution is -2.45. The molecular weight excluding hydrogens is 729 g/mol. The van der Waals surface area contributed by atoms with Crippen molar-refractivity contribution >= 4 is 105 Å². The molecule has 4 aliphatic rings. The molecule has 3 aromatic carbocycles. The van der Waals surface area contributed by atoms with E-state index in [0.717, 1.165) is 41.0 Å². The summed E-state index contributed by atoms with van der Waals surface area (Å²) in [6, 6.07) is 12.0. The molecule has 47 heavy (non-hydrogen) atoms. The molecule has 3 amide bonds. The average Bonchev–Trinajstić information content (AvgIpc) is 3.68. The summed E-state index contributed by atoms with van der Waals surface area (Å²) in [6.07, 6.45) is 4.28. The topological polar surface area (TPSA) is 98.0 Å². The Labute approximate surface area is 299 Å². The zero-order valence-corrected chi connectivity index (χ0v) is 28.6. The molecule has 1 aliphatic carbocycles. The lowest BCUT2D eigenvalue weighted by Gasteiger charge is -2.31. The molecule has 1 saturated carbocycles. The highest BCUT2D eigenvalue weighted by molar-refractivity contribution is 6.39. The fourth-order valence-corrected chi connectivity index (χ4v) is 8.00. The van der Waals surface area contributed by atoms with Crippen LogP contribution >= 0.6 is 69.6 Å². The fraction of sp³-hybridized carbons (Fsp3) is 0.250. The Hall–Kier alpha value is -3.18. The summed E-state index contributed by atoms with van der Waals surface area (Å²) in [5.41, 5.74) is 3.30. The molecular formula is C32H22Cl6N6O3. The van der Waals surface area contributed by atoms with Crippen LogP contribution in [0, 0.1) is 5.92 Å². The molecule has 3 heterocycles. The molecule has 7 rings (SSSR count). The van der Waals surface area contributed by atoms with Crippen molar-refractivity contribution in [1.29, 1.82) is 0 Å². The van der Waals surface area contributed by atoms with Crippen LogP contribution < -0.4 is 4.90 Å². The van der Waals surface area contributed by atoms with Gasteiger partial charge in [0, 0.05) is 31.0 Å². The number of fused-ring (bicyclic) bond motifs is 2. The molecule has 0 aromatic heterocycles. The van der Waals surface area contributed by atoms with Gasteiger partial charge in [-0.15, -0.1) is 0 Å². The number of rotatable bonds is 5. The standard InChI is InChI=1S/C32H22Cl6N6O3/c33-17-5-4-15(22(36)11-17)10-16-2-1-3-21-27(16)40-44(29(21)20-8-6-18(34)12-23(20)37)26(45)14-42-30-28(39-41-42)31(46)43(32(30)47)25-9-7-19(35)13-24(25)38/h4-13,21,28-30H,1-3,14H2/b16-10+/t21-,28+,29+,30-/m0/s1. The second-order valence-corrected chi connectivity index (χ2v) is 14.0. The Morgan fingerprint density at radius 1 is 0.830 bits per heavy atom. The van der Waals surface area contributed by atoms with Gasteiger partial charge in [-0.05, 0) is 84.5 Å². The lowest BCUT2D eigenvalue weighted by atomic mass is 9.77. The Bertz CT molecular complexity index is 1950. The van der Waals surface area contributed by atoms with Crippen molar-refractivity contribution in [2.24, 2.45) is 21.4 Å². The number of imide groups is 1. The zero-order valence-electron chi connectivity index (χ0n) is 24.1. The minimum atomic E-state index is -1.13. The first-order valence-corrected chi connectivity index (χ1v) is 16.8. The molecule has 3 aliphatic heterocycles. The third kappa shape index (κ3) is 5.81. The summed E-state index contributed by atoms with van der Waals surface area (Å²) in [5.74, 6) is -1.86. The van der Waals surface area contributed by atoms with Gasteiger partial charge in [0.2, 0.25) is 0 Å². The summed E-state index contributed by atoms with van der Waals surface area (Å²) in [6.45, 7) is -0.376. The van der Waals surface area contributed by atoms with Crippen molar-refractivity contribution in [3.05, 3.63) is 101 Å². The zero-order chi connectivity index (χ0) is 33.1. The van der Waals surface area contributed by atoms with E-state index in [2.05, 4.69) is 10.3 Å². The number of hydrazone groups is 1. The number of hydrogen-bond donors (Lipinski definition) is 0. The maximum Gasteiger partial charge on any atom is 0.264 e. The number of hydrogen-bond acceptors (Lipinski definition) is 7. The molecule has 0 bridgehead atoms. The summed E-state index contributed by atoms with van der Waals surface area (Å²) >= 11 is 37.9. The molecule has 0 N–H and O–H groups in total. The van der Waals surface area contributed by atoms with Gasteiger partial charge in [0.05, 0.1) is 22.5 Å². The number of halogens is 6. The van der Waals surface area contributed by atoms with Gasteiger partial charge in [-0.1, -0.05) is 87.0 Å². The molecule has 1 saturated heterocycles. The van der Waals surface area contributed by atoms with Gasteiger partial charge in [-0.2, -0.15) is 10.2 Å². The Morgan fingerprint density at radius 3 is 2.21 bits per heavy atom. The van der Waals surface area contributed by atoms with E-state index in [9.17, 15) is 14.4 Å². The van der Waals surface area contributed by atoms with Crippen molar-refractivity contribution in [1.82, 2.24) is 10.0 Å². The number of carbonyl (C=O) groups is 3. The van der Waals surface area contributed by atoms with Crippen molar-refractivity contribution in [2.45, 2.75) is 37.4 Å². The molecule has 0 radical (unpaired) electrons. The van der Waals surface area contributed by atoms with Crippen LogP contribution in [0.1, 0.15) is 36.4 Å². The van der Waals surface area contributed by atoms with Crippen molar-refractivity contribution < 1.29 is 14.4 Å². The quantitative estimate of drug-likeness (QED) is 0.244. The first-order chi connectivity index (χ1) is 22.5. The van der Waals surface area contributed by atoms with E-state index in [1.54, 1.807) is 30.3 Å². The van der Waals surface area contributed by atoms with Crippen LogP contribution in [0.2, 0.25) is 30.1 Å². The predicted molar refractivity (Wildman–Crippen MR) is 183 cm³/mol. The number of benzene rings is 3. The van der Waals surface area contributed by atoms with Crippen LogP contribution in [0.3, 0.4) is 0 Å². The first-order valence-electron chi connectivity index (χ1n) is 14.5. The van der Waals surface area contributed by atoms with Crippen LogP contribution in [-0.2, 0) is 14.4 Å². The number of anilines is 1. The van der Waals surface area contributed by atoms with Gasteiger partial charge in [0.1, 0.15) is 6.54 Å². The Kier molecular flexibility index (Phi) is 8.74. The third-order valence-electron chi connectivity index (χ3n) is 8.64. The Morgan fingerprint density at radius 2 is 1.51 bits per heavy atom. The number of nitrogens with zero attached hydrogens (tertiary/aromatic N) is 6. The van der Waals surface area contributed by atoms with Gasteiger partial charge in [-0.25, -0.2) is 9.91 Å². The minimum Gasteiger partial charge on any atom is -0.271 e. The monoisotopic (exact) mass is 748 g/mol. The molecule has 2 fully saturated rings. The molecule has 4 atom stereocenters. The van der Waals surface area contributed by atoms with Crippen molar-refractivity contribution in [3.8, 4) is 0 Å². The van der Waals surface area contributed by atoms with Gasteiger partial charge in [-0.3, -0.25) is 19.4 Å². The van der Waals surface area contributed by atoms with Crippen LogP contribution in [0.25, 0.3) is 6.08 Å². The number of carbonyl (C=O) groups excluding carboxylic acids is 3. The average molecular weight is 751 g/mol. The summed E-state index contributed by atoms with van der Waals surface area (Å²) in [5, 5.41) is 18.0. The molecule has 0 spiro atoms. The highest BCUT2D eigenvalue weighted by Crippen LogP contribution is 2.47. The smallest absolute Gasteiger partial charge is 0.264 e. The second-order valence-electron chi connectivity index (χ2n) is 11.5. The highest BCUT2D eigenvalue weighted by atomic mass is 35.5. The van der Waals surface area contributed by atoms with Crippen LogP contribution in [0.5, 0.6) is 0 Å². The van der Waals surface area contributed by atoms with Gasteiger partial charge in [0.15, 0.2) is 12.1 Å². The molecule has 0 unspecified atom stereocenters. The Balaban J connectivity index is 1.21. The normalized spacial score (nSPS) is 24.3. The molecule has 3 aromatic rings. The fourth-order valence-electron chi connectivity index (χ4n) is 6.53. The maximum atomic E-state index is 14.2. The molecule has 240 valence electrons. The van der Waals surface area contributed by atoms with Crippen LogP contribution in [0.4, 0.5) is 5.69 Å². The number of amides is 3. The largest absolute Gasteiger partial charge is 0.271 e. The van der Waals surface area contributed by atoms with Gasteiger partial charge < -0.3 is 0 Å². The third-order valence-corrected chi connectivity index (χ3v) is 10.3. The maximum absolute atomic E-state index is 14.2. The SMILES string of the molecule is O=C1[C@@H]2[C@@H](N=NN2CC(=O)N2N=C3/C(=C/c4ccc(Cl)cc4Cl)CCC[C@@H]3[C@H]2c2ccc(Cl)cc2Cl)C(=O)N1c1ccc(Cl)cc1Cl. The van der Waals surface area contributed by atoms with Crippen molar-refractivity contribution in [2.75, 3.05) is 11.4 Å². The summed E-state index contributed by atoms with van der Waals surface area (Å²) in [4.78, 5) is 42.1. The second kappa shape index (κ2) is 12.7. The molecule has 9 nitrogen and oxygen atoms in total. The van der Waals surface area contributed by atoms with E-state index in [4.69, 9.17) is 74.7 Å². The van der Waals surface area contributed by atoms with E-state index in [1.807, 2.05) is 12.1 Å². The van der Waals surface area contributed by atoms with E-state index in [0.29, 0.717) is 30.7 Å². The minimum absolute atomic E-state index is 0.126. The van der Waals surface area contributed by atoms with Gasteiger partial charge >= 0.3 is 0 Å². The molecule has 15 heteroatoms. The van der Waals surface area contributed by atoms with Gasteiger partial charge in [0.25, 0.3) is 17.7 Å². The van der Waals surface area contributed by atoms with Crippen molar-refractivity contribution in [3.63, 3.8) is 0 Å². The number of allylic oxidation sites excluding steroid dienone is 1. The van der Waals surface area contributed by atoms with Crippen LogP contribution in [-0.4, -0.2) is 52.1 Å². The van der Waals surface area contributed by atoms with E-state index >= 15 is 0 Å². The van der Waals surface area contributed by atoms with Crippen LogP contribution in [0.15, 0.2) is 75.6 Å². The highest BCUT2D eigenvalue weighted by Gasteiger charge is 2.56. The summed E-state index contributed by atoms with van der Waals surface area (Å²) < 4.78 is 0.